The number of fused-ring (bicyclic) bond motifs is 2. The second-order valence-electron chi connectivity index (χ2n) is 5.04. The van der Waals surface area contributed by atoms with Crippen molar-refractivity contribution in [3.05, 3.63) is 54.6 Å². The molecule has 0 atom stereocenters. The zero-order chi connectivity index (χ0) is 15.1. The minimum absolute atomic E-state index is 0.149. The minimum Gasteiger partial charge on any atom is -0.507 e. The summed E-state index contributed by atoms with van der Waals surface area (Å²) in [6, 6.07) is 16.7. The molecule has 4 rings (SSSR count). The summed E-state index contributed by atoms with van der Waals surface area (Å²) < 4.78 is 11.2. The number of hydrogen-bond acceptors (Lipinski definition) is 4. The van der Waals surface area contributed by atoms with Crippen molar-refractivity contribution in [3.8, 4) is 23.0 Å². The number of aromatic nitrogens is 1. The van der Waals surface area contributed by atoms with E-state index in [1.165, 1.54) is 0 Å². The standard InChI is InChI=1S/C18H13NO3/c1-21-16-8-4-5-11-9-17-14(10-13(11)16)19-18(22-17)12-6-2-3-7-15(12)20/h2-10,20H,1H3. The average molecular weight is 291 g/mol. The molecule has 0 saturated carbocycles. The maximum atomic E-state index is 9.94. The predicted octanol–water partition coefficient (Wildman–Crippen LogP) is 4.36. The second-order valence-corrected chi connectivity index (χ2v) is 5.04. The van der Waals surface area contributed by atoms with Crippen molar-refractivity contribution in [2.75, 3.05) is 7.11 Å². The lowest BCUT2D eigenvalue weighted by Gasteiger charge is -2.04. The summed E-state index contributed by atoms with van der Waals surface area (Å²) in [4.78, 5) is 4.49. The molecule has 0 radical (unpaired) electrons. The van der Waals surface area contributed by atoms with Crippen molar-refractivity contribution < 1.29 is 14.3 Å². The summed E-state index contributed by atoms with van der Waals surface area (Å²) >= 11 is 0. The van der Waals surface area contributed by atoms with E-state index in [0.717, 1.165) is 22.0 Å². The molecule has 1 aromatic heterocycles. The van der Waals surface area contributed by atoms with E-state index < -0.39 is 0 Å². The van der Waals surface area contributed by atoms with Crippen LogP contribution in [0.25, 0.3) is 33.3 Å². The van der Waals surface area contributed by atoms with Crippen LogP contribution in [-0.2, 0) is 0 Å². The van der Waals surface area contributed by atoms with Gasteiger partial charge in [-0.25, -0.2) is 4.98 Å². The van der Waals surface area contributed by atoms with E-state index in [1.54, 1.807) is 25.3 Å². The van der Waals surface area contributed by atoms with E-state index in [4.69, 9.17) is 9.15 Å². The molecule has 0 saturated heterocycles. The molecular formula is C18H13NO3. The quantitative estimate of drug-likeness (QED) is 0.596. The first-order chi connectivity index (χ1) is 10.8. The van der Waals surface area contributed by atoms with Crippen molar-refractivity contribution in [1.29, 1.82) is 0 Å². The number of aromatic hydroxyl groups is 1. The number of rotatable bonds is 2. The molecule has 0 spiro atoms. The Balaban J connectivity index is 1.98. The fourth-order valence-corrected chi connectivity index (χ4v) is 2.62. The third kappa shape index (κ3) is 1.89. The topological polar surface area (TPSA) is 55.5 Å². The molecule has 1 N–H and O–H groups in total. The van der Waals surface area contributed by atoms with Gasteiger partial charge in [-0.05, 0) is 35.7 Å². The molecule has 4 aromatic rings. The SMILES string of the molecule is COc1cccc2cc3oc(-c4ccccc4O)nc3cc12. The fourth-order valence-electron chi connectivity index (χ4n) is 2.62. The van der Waals surface area contributed by atoms with E-state index in [2.05, 4.69) is 4.98 Å². The molecule has 22 heavy (non-hydrogen) atoms. The highest BCUT2D eigenvalue weighted by molar-refractivity contribution is 5.98. The molecule has 4 nitrogen and oxygen atoms in total. The van der Waals surface area contributed by atoms with E-state index >= 15 is 0 Å². The van der Waals surface area contributed by atoms with Gasteiger partial charge < -0.3 is 14.3 Å². The zero-order valence-corrected chi connectivity index (χ0v) is 11.9. The lowest BCUT2D eigenvalue weighted by Crippen LogP contribution is -1.84. The number of oxazole rings is 1. The molecule has 0 fully saturated rings. The van der Waals surface area contributed by atoms with Gasteiger partial charge in [0, 0.05) is 5.39 Å². The van der Waals surface area contributed by atoms with Crippen LogP contribution in [0, 0.1) is 0 Å². The Kier molecular flexibility index (Phi) is 2.76. The summed E-state index contributed by atoms with van der Waals surface area (Å²) in [5.74, 6) is 1.35. The third-order valence-corrected chi connectivity index (χ3v) is 3.70. The van der Waals surface area contributed by atoms with Crippen LogP contribution in [0.2, 0.25) is 0 Å². The van der Waals surface area contributed by atoms with Gasteiger partial charge in [-0.15, -0.1) is 0 Å². The first kappa shape index (κ1) is 12.7. The van der Waals surface area contributed by atoms with Crippen LogP contribution in [0.15, 0.2) is 59.0 Å². The van der Waals surface area contributed by atoms with E-state index in [0.29, 0.717) is 17.0 Å². The monoisotopic (exact) mass is 291 g/mol. The van der Waals surface area contributed by atoms with Crippen molar-refractivity contribution in [2.24, 2.45) is 0 Å². The lowest BCUT2D eigenvalue weighted by atomic mass is 10.1. The van der Waals surface area contributed by atoms with Crippen LogP contribution in [0.5, 0.6) is 11.5 Å². The Bertz CT molecular complexity index is 988. The summed E-state index contributed by atoms with van der Waals surface area (Å²) in [6.45, 7) is 0. The molecule has 3 aromatic carbocycles. The molecule has 0 amide bonds. The van der Waals surface area contributed by atoms with Gasteiger partial charge in [0.1, 0.15) is 17.0 Å². The molecular weight excluding hydrogens is 278 g/mol. The van der Waals surface area contributed by atoms with Gasteiger partial charge in [-0.3, -0.25) is 0 Å². The molecule has 108 valence electrons. The molecule has 0 bridgehead atoms. The van der Waals surface area contributed by atoms with Gasteiger partial charge in [0.15, 0.2) is 5.58 Å². The maximum absolute atomic E-state index is 9.94. The highest BCUT2D eigenvalue weighted by atomic mass is 16.5. The molecule has 4 heteroatoms. The highest BCUT2D eigenvalue weighted by Gasteiger charge is 2.13. The van der Waals surface area contributed by atoms with Crippen molar-refractivity contribution in [1.82, 2.24) is 4.98 Å². The lowest BCUT2D eigenvalue weighted by molar-refractivity contribution is 0.420. The zero-order valence-electron chi connectivity index (χ0n) is 11.9. The van der Waals surface area contributed by atoms with Gasteiger partial charge in [0.05, 0.1) is 12.7 Å². The number of para-hydroxylation sites is 1. The Morgan fingerprint density at radius 2 is 1.91 bits per heavy atom. The summed E-state index contributed by atoms with van der Waals surface area (Å²) in [5.41, 5.74) is 1.99. The Hall–Kier alpha value is -3.01. The number of benzene rings is 3. The number of hydrogen-bond donors (Lipinski definition) is 1. The van der Waals surface area contributed by atoms with E-state index in [9.17, 15) is 5.11 Å². The Labute approximate surface area is 126 Å². The van der Waals surface area contributed by atoms with Crippen molar-refractivity contribution in [2.45, 2.75) is 0 Å². The molecule has 1 heterocycles. The van der Waals surface area contributed by atoms with E-state index in [-0.39, 0.29) is 5.75 Å². The van der Waals surface area contributed by atoms with Crippen molar-refractivity contribution in [3.63, 3.8) is 0 Å². The summed E-state index contributed by atoms with van der Waals surface area (Å²) in [7, 11) is 1.65. The fraction of sp³-hybridized carbons (Fsp3) is 0.0556. The Morgan fingerprint density at radius 1 is 1.05 bits per heavy atom. The van der Waals surface area contributed by atoms with Crippen molar-refractivity contribution >= 4 is 21.9 Å². The Morgan fingerprint density at radius 3 is 2.73 bits per heavy atom. The number of methoxy groups -OCH3 is 1. The molecule has 0 aliphatic heterocycles. The first-order valence-electron chi connectivity index (χ1n) is 6.92. The third-order valence-electron chi connectivity index (χ3n) is 3.70. The largest absolute Gasteiger partial charge is 0.507 e. The maximum Gasteiger partial charge on any atom is 0.231 e. The summed E-state index contributed by atoms with van der Waals surface area (Å²) in [5, 5.41) is 11.9. The molecule has 0 aliphatic rings. The first-order valence-corrected chi connectivity index (χ1v) is 6.92. The predicted molar refractivity (Wildman–Crippen MR) is 85.2 cm³/mol. The van der Waals surface area contributed by atoms with Gasteiger partial charge in [0.25, 0.3) is 0 Å². The number of nitrogens with zero attached hydrogens (tertiary/aromatic N) is 1. The number of phenols is 1. The van der Waals surface area contributed by atoms with Crippen LogP contribution < -0.4 is 4.74 Å². The average Bonchev–Trinajstić information content (AvgIpc) is 2.95. The van der Waals surface area contributed by atoms with Gasteiger partial charge in [-0.2, -0.15) is 0 Å². The number of ether oxygens (including phenoxy) is 1. The number of phenolic OH excluding ortho intramolecular Hbond substituents is 1. The minimum atomic E-state index is 0.149. The molecule has 0 unspecified atom stereocenters. The molecule has 0 aliphatic carbocycles. The van der Waals surface area contributed by atoms with E-state index in [1.807, 2.05) is 36.4 Å². The van der Waals surface area contributed by atoms with Crippen LogP contribution in [0.3, 0.4) is 0 Å². The normalized spacial score (nSPS) is 11.1. The van der Waals surface area contributed by atoms with Gasteiger partial charge in [-0.1, -0.05) is 24.3 Å². The second kappa shape index (κ2) is 4.77. The van der Waals surface area contributed by atoms with Crippen LogP contribution in [0.4, 0.5) is 0 Å². The van der Waals surface area contributed by atoms with Gasteiger partial charge in [0.2, 0.25) is 5.89 Å². The smallest absolute Gasteiger partial charge is 0.231 e. The van der Waals surface area contributed by atoms with Gasteiger partial charge >= 0.3 is 0 Å². The van der Waals surface area contributed by atoms with Crippen LogP contribution in [-0.4, -0.2) is 17.2 Å². The van der Waals surface area contributed by atoms with Crippen LogP contribution in [0.1, 0.15) is 0 Å². The summed E-state index contributed by atoms with van der Waals surface area (Å²) in [6.07, 6.45) is 0. The highest BCUT2D eigenvalue weighted by Crippen LogP contribution is 2.34. The van der Waals surface area contributed by atoms with Crippen LogP contribution >= 0.6 is 0 Å².